The molecule has 0 amide bonds. The van der Waals surface area contributed by atoms with Crippen LogP contribution in [-0.4, -0.2) is 13.4 Å². The molecule has 2 atom stereocenters. The fourth-order valence-electron chi connectivity index (χ4n) is 1.67. The molecule has 2 rings (SSSR count). The molecular formula is C11H14O2. The Kier molecular flexibility index (Phi) is 2.62. The van der Waals surface area contributed by atoms with Crippen molar-refractivity contribution in [1.82, 2.24) is 0 Å². The first-order chi connectivity index (χ1) is 6.38. The molecule has 2 heteroatoms. The van der Waals surface area contributed by atoms with Crippen LogP contribution < -0.4 is 0 Å². The molecule has 2 nitrogen and oxygen atoms in total. The van der Waals surface area contributed by atoms with E-state index in [-0.39, 0.29) is 6.10 Å². The van der Waals surface area contributed by atoms with Crippen molar-refractivity contribution in [3.63, 3.8) is 0 Å². The van der Waals surface area contributed by atoms with E-state index in [4.69, 9.17) is 9.47 Å². The average Bonchev–Trinajstić information content (AvgIpc) is 2.20. The van der Waals surface area contributed by atoms with Gasteiger partial charge in [-0.3, -0.25) is 0 Å². The minimum atomic E-state index is 0.204. The van der Waals surface area contributed by atoms with Crippen LogP contribution in [0.25, 0.3) is 0 Å². The molecule has 0 aromatic heterocycles. The Balaban J connectivity index is 2.15. The predicted octanol–water partition coefficient (Wildman–Crippen LogP) is 2.37. The van der Waals surface area contributed by atoms with Gasteiger partial charge in [-0.05, 0) is 5.56 Å². The van der Waals surface area contributed by atoms with Crippen LogP contribution in [-0.2, 0) is 9.47 Å². The third kappa shape index (κ3) is 1.90. The van der Waals surface area contributed by atoms with E-state index < -0.39 is 0 Å². The first-order valence-corrected chi connectivity index (χ1v) is 4.62. The fraction of sp³-hybridized carbons (Fsp3) is 0.455. The molecular weight excluding hydrogens is 164 g/mol. The molecule has 1 saturated heterocycles. The molecule has 0 N–H and O–H groups in total. The van der Waals surface area contributed by atoms with E-state index >= 15 is 0 Å². The summed E-state index contributed by atoms with van der Waals surface area (Å²) in [5.74, 6) is 0.441. The summed E-state index contributed by atoms with van der Waals surface area (Å²) >= 11 is 0. The van der Waals surface area contributed by atoms with Gasteiger partial charge in [-0.15, -0.1) is 0 Å². The molecule has 0 radical (unpaired) electrons. The lowest BCUT2D eigenvalue weighted by Gasteiger charge is -2.29. The summed E-state index contributed by atoms with van der Waals surface area (Å²) < 4.78 is 10.8. The van der Waals surface area contributed by atoms with Gasteiger partial charge < -0.3 is 9.47 Å². The Morgan fingerprint density at radius 2 is 2.00 bits per heavy atom. The lowest BCUT2D eigenvalue weighted by Crippen LogP contribution is -2.25. The Morgan fingerprint density at radius 1 is 1.23 bits per heavy atom. The zero-order valence-corrected chi connectivity index (χ0v) is 7.77. The fourth-order valence-corrected chi connectivity index (χ4v) is 1.67. The van der Waals surface area contributed by atoms with Gasteiger partial charge >= 0.3 is 0 Å². The van der Waals surface area contributed by atoms with E-state index in [1.165, 1.54) is 5.56 Å². The zero-order chi connectivity index (χ0) is 9.10. The lowest BCUT2D eigenvalue weighted by atomic mass is 9.97. The zero-order valence-electron chi connectivity index (χ0n) is 7.77. The van der Waals surface area contributed by atoms with Crippen LogP contribution in [0.5, 0.6) is 0 Å². The standard InChI is InChI=1S/C11H14O2/c1-9-7-12-8-13-11(9)10-5-3-2-4-6-10/h2-6,9,11H,7-8H2,1H3. The maximum absolute atomic E-state index is 5.55. The summed E-state index contributed by atoms with van der Waals surface area (Å²) in [6.07, 6.45) is 0.204. The van der Waals surface area contributed by atoms with Gasteiger partial charge in [0.25, 0.3) is 0 Å². The van der Waals surface area contributed by atoms with Crippen molar-refractivity contribution < 1.29 is 9.47 Å². The third-order valence-corrected chi connectivity index (χ3v) is 2.36. The van der Waals surface area contributed by atoms with Crippen molar-refractivity contribution in [2.45, 2.75) is 13.0 Å². The second kappa shape index (κ2) is 3.90. The van der Waals surface area contributed by atoms with E-state index in [1.807, 2.05) is 18.2 Å². The molecule has 0 saturated carbocycles. The maximum atomic E-state index is 5.55. The molecule has 1 fully saturated rings. The smallest absolute Gasteiger partial charge is 0.147 e. The van der Waals surface area contributed by atoms with Gasteiger partial charge in [0.15, 0.2) is 0 Å². The van der Waals surface area contributed by atoms with Crippen molar-refractivity contribution in [2.75, 3.05) is 13.4 Å². The second-order valence-electron chi connectivity index (χ2n) is 3.46. The molecule has 1 aliphatic heterocycles. The molecule has 70 valence electrons. The van der Waals surface area contributed by atoms with Gasteiger partial charge in [-0.2, -0.15) is 0 Å². The number of rotatable bonds is 1. The number of ether oxygens (including phenoxy) is 2. The summed E-state index contributed by atoms with van der Waals surface area (Å²) in [6.45, 7) is 3.36. The number of hydrogen-bond donors (Lipinski definition) is 0. The summed E-state index contributed by atoms with van der Waals surface area (Å²) in [5.41, 5.74) is 1.25. The largest absolute Gasteiger partial charge is 0.355 e. The normalized spacial score (nSPS) is 28.7. The van der Waals surface area contributed by atoms with Crippen molar-refractivity contribution in [1.29, 1.82) is 0 Å². The van der Waals surface area contributed by atoms with Crippen molar-refractivity contribution in [2.24, 2.45) is 5.92 Å². The first kappa shape index (κ1) is 8.73. The SMILES string of the molecule is CC1COCOC1c1ccccc1. The molecule has 0 bridgehead atoms. The third-order valence-electron chi connectivity index (χ3n) is 2.36. The summed E-state index contributed by atoms with van der Waals surface area (Å²) in [5, 5.41) is 0. The molecule has 13 heavy (non-hydrogen) atoms. The minimum absolute atomic E-state index is 0.204. The summed E-state index contributed by atoms with van der Waals surface area (Å²) in [4.78, 5) is 0. The highest BCUT2D eigenvalue weighted by Crippen LogP contribution is 2.28. The van der Waals surface area contributed by atoms with Gasteiger partial charge in [0, 0.05) is 5.92 Å². The molecule has 1 heterocycles. The highest BCUT2D eigenvalue weighted by molar-refractivity contribution is 5.18. The first-order valence-electron chi connectivity index (χ1n) is 4.62. The Bertz CT molecular complexity index is 258. The van der Waals surface area contributed by atoms with Gasteiger partial charge in [0.1, 0.15) is 6.79 Å². The Hall–Kier alpha value is -0.860. The summed E-state index contributed by atoms with van der Waals surface area (Å²) in [6, 6.07) is 10.3. The topological polar surface area (TPSA) is 18.5 Å². The van der Waals surface area contributed by atoms with E-state index in [0.717, 1.165) is 6.61 Å². The maximum Gasteiger partial charge on any atom is 0.147 e. The van der Waals surface area contributed by atoms with Crippen LogP contribution >= 0.6 is 0 Å². The Labute approximate surface area is 78.5 Å². The number of hydrogen-bond acceptors (Lipinski definition) is 2. The second-order valence-corrected chi connectivity index (χ2v) is 3.46. The minimum Gasteiger partial charge on any atom is -0.355 e. The van der Waals surface area contributed by atoms with Gasteiger partial charge in [0.05, 0.1) is 12.7 Å². The van der Waals surface area contributed by atoms with Crippen molar-refractivity contribution in [3.05, 3.63) is 35.9 Å². The van der Waals surface area contributed by atoms with E-state index in [2.05, 4.69) is 19.1 Å². The van der Waals surface area contributed by atoms with E-state index in [1.54, 1.807) is 0 Å². The predicted molar refractivity (Wildman–Crippen MR) is 50.3 cm³/mol. The van der Waals surface area contributed by atoms with Crippen LogP contribution in [0, 0.1) is 5.92 Å². The highest BCUT2D eigenvalue weighted by atomic mass is 16.7. The molecule has 1 aromatic carbocycles. The summed E-state index contributed by atoms with van der Waals surface area (Å²) in [7, 11) is 0. The van der Waals surface area contributed by atoms with E-state index in [9.17, 15) is 0 Å². The molecule has 0 aliphatic carbocycles. The molecule has 2 unspecified atom stereocenters. The lowest BCUT2D eigenvalue weighted by molar-refractivity contribution is -0.168. The van der Waals surface area contributed by atoms with Gasteiger partial charge in [-0.25, -0.2) is 0 Å². The molecule has 1 aliphatic rings. The van der Waals surface area contributed by atoms with Crippen LogP contribution in [0.3, 0.4) is 0 Å². The van der Waals surface area contributed by atoms with Crippen molar-refractivity contribution >= 4 is 0 Å². The van der Waals surface area contributed by atoms with Crippen molar-refractivity contribution in [3.8, 4) is 0 Å². The molecule has 1 aromatic rings. The monoisotopic (exact) mass is 178 g/mol. The van der Waals surface area contributed by atoms with Gasteiger partial charge in [0.2, 0.25) is 0 Å². The van der Waals surface area contributed by atoms with E-state index in [0.29, 0.717) is 12.7 Å². The number of benzene rings is 1. The quantitative estimate of drug-likeness (QED) is 0.657. The highest BCUT2D eigenvalue weighted by Gasteiger charge is 2.23. The Morgan fingerprint density at radius 3 is 2.69 bits per heavy atom. The van der Waals surface area contributed by atoms with Gasteiger partial charge in [-0.1, -0.05) is 37.3 Å². The average molecular weight is 178 g/mol. The molecule has 0 spiro atoms. The van der Waals surface area contributed by atoms with Crippen LogP contribution in [0.1, 0.15) is 18.6 Å². The van der Waals surface area contributed by atoms with Crippen LogP contribution in [0.2, 0.25) is 0 Å². The van der Waals surface area contributed by atoms with Crippen LogP contribution in [0.15, 0.2) is 30.3 Å². The van der Waals surface area contributed by atoms with Crippen LogP contribution in [0.4, 0.5) is 0 Å².